The Morgan fingerprint density at radius 3 is 2.75 bits per heavy atom. The van der Waals surface area contributed by atoms with E-state index < -0.39 is 5.82 Å². The van der Waals surface area contributed by atoms with E-state index in [1.165, 1.54) is 18.2 Å². The van der Waals surface area contributed by atoms with Gasteiger partial charge in [-0.05, 0) is 18.2 Å². The van der Waals surface area contributed by atoms with Gasteiger partial charge in [0.2, 0.25) is 5.88 Å². The number of halogens is 2. The third kappa shape index (κ3) is 3.55. The van der Waals surface area contributed by atoms with E-state index in [9.17, 15) is 4.39 Å². The second-order valence-corrected chi connectivity index (χ2v) is 4.27. The van der Waals surface area contributed by atoms with Gasteiger partial charge in [0.15, 0.2) is 5.82 Å². The molecule has 0 atom stereocenters. The molecule has 1 aromatic carbocycles. The fraction of sp³-hybridized carbons (Fsp3) is 0.231. The Morgan fingerprint density at radius 2 is 2.10 bits per heavy atom. The van der Waals surface area contributed by atoms with Gasteiger partial charge >= 0.3 is 0 Å². The molecule has 1 N–H and O–H groups in total. The molecule has 0 bridgehead atoms. The van der Waals surface area contributed by atoms with E-state index in [2.05, 4.69) is 15.3 Å². The van der Waals surface area contributed by atoms with E-state index in [0.717, 1.165) is 0 Å². The fourth-order valence-corrected chi connectivity index (χ4v) is 1.72. The van der Waals surface area contributed by atoms with Gasteiger partial charge < -0.3 is 14.8 Å². The van der Waals surface area contributed by atoms with Gasteiger partial charge in [0, 0.05) is 20.2 Å². The monoisotopic (exact) mass is 297 g/mol. The number of rotatable bonds is 5. The molecule has 106 valence electrons. The number of ether oxygens (including phenoxy) is 2. The SMILES string of the molecule is CNc1cc(Oc2ccc(F)cc2Cl)nc(COC)n1. The first-order valence-corrected chi connectivity index (χ1v) is 6.17. The Balaban J connectivity index is 2.29. The lowest BCUT2D eigenvalue weighted by Gasteiger charge is -2.09. The lowest BCUT2D eigenvalue weighted by Crippen LogP contribution is -2.03. The predicted octanol–water partition coefficient (Wildman–Crippen LogP) is 3.25. The number of nitrogens with one attached hydrogen (secondary N) is 1. The minimum absolute atomic E-state index is 0.169. The highest BCUT2D eigenvalue weighted by Gasteiger charge is 2.09. The summed E-state index contributed by atoms with van der Waals surface area (Å²) in [6.45, 7) is 0.253. The zero-order chi connectivity index (χ0) is 14.5. The van der Waals surface area contributed by atoms with E-state index in [4.69, 9.17) is 21.1 Å². The van der Waals surface area contributed by atoms with E-state index in [-0.39, 0.29) is 11.6 Å². The van der Waals surface area contributed by atoms with Crippen LogP contribution in [0.3, 0.4) is 0 Å². The second kappa shape index (κ2) is 6.49. The molecular weight excluding hydrogens is 285 g/mol. The van der Waals surface area contributed by atoms with Gasteiger partial charge in [0.05, 0.1) is 5.02 Å². The van der Waals surface area contributed by atoms with Gasteiger partial charge in [-0.1, -0.05) is 11.6 Å². The number of methoxy groups -OCH3 is 1. The first-order chi connectivity index (χ1) is 9.62. The van der Waals surface area contributed by atoms with E-state index in [1.54, 1.807) is 20.2 Å². The van der Waals surface area contributed by atoms with Crippen LogP contribution in [0.4, 0.5) is 10.2 Å². The molecule has 0 unspecified atom stereocenters. The van der Waals surface area contributed by atoms with Crippen LogP contribution in [0, 0.1) is 5.82 Å². The van der Waals surface area contributed by atoms with E-state index in [0.29, 0.717) is 23.3 Å². The van der Waals surface area contributed by atoms with E-state index >= 15 is 0 Å². The Hall–Kier alpha value is -1.92. The van der Waals surface area contributed by atoms with Crippen molar-refractivity contribution in [1.82, 2.24) is 9.97 Å². The molecule has 0 saturated carbocycles. The van der Waals surface area contributed by atoms with Crippen molar-refractivity contribution in [3.05, 3.63) is 40.9 Å². The summed E-state index contributed by atoms with van der Waals surface area (Å²) in [7, 11) is 3.28. The molecule has 0 spiro atoms. The van der Waals surface area contributed by atoms with Crippen LogP contribution in [0.25, 0.3) is 0 Å². The van der Waals surface area contributed by atoms with Gasteiger partial charge in [-0.15, -0.1) is 0 Å². The summed E-state index contributed by atoms with van der Waals surface area (Å²) in [5.74, 6) is 1.23. The van der Waals surface area contributed by atoms with Crippen molar-refractivity contribution in [2.75, 3.05) is 19.5 Å². The third-order valence-corrected chi connectivity index (χ3v) is 2.68. The highest BCUT2D eigenvalue weighted by Crippen LogP contribution is 2.29. The van der Waals surface area contributed by atoms with Gasteiger partial charge in [0.1, 0.15) is 24.0 Å². The number of benzene rings is 1. The van der Waals surface area contributed by atoms with Gasteiger partial charge in [0.25, 0.3) is 0 Å². The van der Waals surface area contributed by atoms with Crippen LogP contribution < -0.4 is 10.1 Å². The first kappa shape index (κ1) is 14.5. The van der Waals surface area contributed by atoms with E-state index in [1.807, 2.05) is 0 Å². The molecule has 1 aromatic heterocycles. The van der Waals surface area contributed by atoms with Crippen molar-refractivity contribution < 1.29 is 13.9 Å². The summed E-state index contributed by atoms with van der Waals surface area (Å²) in [5.41, 5.74) is 0. The number of nitrogens with zero attached hydrogens (tertiary/aromatic N) is 2. The topological polar surface area (TPSA) is 56.3 Å². The maximum atomic E-state index is 13.0. The first-order valence-electron chi connectivity index (χ1n) is 5.80. The molecule has 5 nitrogen and oxygen atoms in total. The smallest absolute Gasteiger partial charge is 0.224 e. The van der Waals surface area contributed by atoms with Gasteiger partial charge in [-0.2, -0.15) is 4.98 Å². The molecule has 7 heteroatoms. The maximum absolute atomic E-state index is 13.0. The molecule has 1 heterocycles. The van der Waals surface area contributed by atoms with Crippen LogP contribution in [0.2, 0.25) is 5.02 Å². The summed E-state index contributed by atoms with van der Waals surface area (Å²) in [6.07, 6.45) is 0. The number of hydrogen-bond acceptors (Lipinski definition) is 5. The third-order valence-electron chi connectivity index (χ3n) is 2.39. The van der Waals surface area contributed by atoms with Crippen molar-refractivity contribution in [2.45, 2.75) is 6.61 Å². The summed E-state index contributed by atoms with van der Waals surface area (Å²) in [6, 6.07) is 5.48. The zero-order valence-electron chi connectivity index (χ0n) is 11.0. The Morgan fingerprint density at radius 1 is 1.30 bits per heavy atom. The lowest BCUT2D eigenvalue weighted by atomic mass is 10.3. The van der Waals surface area contributed by atoms with Crippen molar-refractivity contribution >= 4 is 17.4 Å². The molecule has 0 amide bonds. The van der Waals surface area contributed by atoms with Crippen LogP contribution >= 0.6 is 11.6 Å². The highest BCUT2D eigenvalue weighted by atomic mass is 35.5. The summed E-state index contributed by atoms with van der Waals surface area (Å²) in [5, 5.41) is 3.07. The molecule has 0 aliphatic heterocycles. The molecule has 0 radical (unpaired) electrons. The van der Waals surface area contributed by atoms with Crippen LogP contribution in [0.5, 0.6) is 11.6 Å². The summed E-state index contributed by atoms with van der Waals surface area (Å²) in [4.78, 5) is 8.38. The fourth-order valence-electron chi connectivity index (χ4n) is 1.52. The molecule has 20 heavy (non-hydrogen) atoms. The van der Waals surface area contributed by atoms with Crippen LogP contribution in [0.1, 0.15) is 5.82 Å². The Labute approximate surface area is 120 Å². The maximum Gasteiger partial charge on any atom is 0.224 e. The minimum atomic E-state index is -0.430. The van der Waals surface area contributed by atoms with Crippen LogP contribution in [0.15, 0.2) is 24.3 Å². The summed E-state index contributed by atoms with van der Waals surface area (Å²) < 4.78 is 23.5. The molecular formula is C13H13ClFN3O2. The van der Waals surface area contributed by atoms with Crippen LogP contribution in [-0.2, 0) is 11.3 Å². The highest BCUT2D eigenvalue weighted by molar-refractivity contribution is 6.32. The molecule has 2 rings (SSSR count). The Bertz CT molecular complexity index is 610. The number of aromatic nitrogens is 2. The molecule has 0 saturated heterocycles. The standard InChI is InChI=1S/C13H13ClFN3O2/c1-16-11-6-13(18-12(17-11)7-19-2)20-10-4-3-8(15)5-9(10)14/h3-6H,7H2,1-2H3,(H,16,17,18). The number of hydrogen-bond donors (Lipinski definition) is 1. The Kier molecular flexibility index (Phi) is 4.70. The van der Waals surface area contributed by atoms with Gasteiger partial charge in [-0.3, -0.25) is 0 Å². The molecule has 0 aliphatic rings. The molecule has 0 fully saturated rings. The molecule has 2 aromatic rings. The quantitative estimate of drug-likeness (QED) is 0.918. The van der Waals surface area contributed by atoms with Crippen molar-refractivity contribution in [3.8, 4) is 11.6 Å². The second-order valence-electron chi connectivity index (χ2n) is 3.87. The van der Waals surface area contributed by atoms with Crippen molar-refractivity contribution in [2.24, 2.45) is 0 Å². The predicted molar refractivity (Wildman–Crippen MR) is 73.8 cm³/mol. The average molecular weight is 298 g/mol. The van der Waals surface area contributed by atoms with Gasteiger partial charge in [-0.25, -0.2) is 9.37 Å². The summed E-state index contributed by atoms with van der Waals surface area (Å²) >= 11 is 5.91. The number of anilines is 1. The lowest BCUT2D eigenvalue weighted by molar-refractivity contribution is 0.177. The van der Waals surface area contributed by atoms with Crippen LogP contribution in [-0.4, -0.2) is 24.1 Å². The minimum Gasteiger partial charge on any atom is -0.437 e. The largest absolute Gasteiger partial charge is 0.437 e. The average Bonchev–Trinajstić information content (AvgIpc) is 2.42. The zero-order valence-corrected chi connectivity index (χ0v) is 11.7. The van der Waals surface area contributed by atoms with Crippen molar-refractivity contribution in [3.63, 3.8) is 0 Å². The van der Waals surface area contributed by atoms with Crippen molar-refractivity contribution in [1.29, 1.82) is 0 Å². The normalized spacial score (nSPS) is 10.4. The molecule has 0 aliphatic carbocycles.